The number of anilines is 2. The van der Waals surface area contributed by atoms with E-state index >= 15 is 0 Å². The van der Waals surface area contributed by atoms with Gasteiger partial charge < -0.3 is 10.6 Å². The van der Waals surface area contributed by atoms with Gasteiger partial charge in [-0.1, -0.05) is 38.0 Å². The first-order valence-corrected chi connectivity index (χ1v) is 8.54. The minimum atomic E-state index is -0.237. The summed E-state index contributed by atoms with van der Waals surface area (Å²) in [4.78, 5) is 20.9. The number of terminal acetylenes is 1. The first-order chi connectivity index (χ1) is 12.5. The van der Waals surface area contributed by atoms with Crippen LogP contribution in [0, 0.1) is 12.3 Å². The van der Waals surface area contributed by atoms with E-state index in [1.807, 2.05) is 18.2 Å². The molecule has 1 aromatic heterocycles. The van der Waals surface area contributed by atoms with Crippen molar-refractivity contribution in [2.75, 3.05) is 17.2 Å². The highest BCUT2D eigenvalue weighted by Crippen LogP contribution is 2.22. The van der Waals surface area contributed by atoms with E-state index in [4.69, 9.17) is 12.2 Å². The standard InChI is InChI=1S/C21H22N4O/c1-4-11-25(17-8-6-16(7-9-17)14(2)3)13-15-5-10-19-18(12-15)20(26)24-21(22)23-19/h1,5-10,12,14H,11,13H2,2-3H3,(H3,22,23,24,26). The van der Waals surface area contributed by atoms with Gasteiger partial charge in [0, 0.05) is 12.2 Å². The third-order valence-corrected chi connectivity index (χ3v) is 4.37. The fraction of sp³-hybridized carbons (Fsp3) is 0.238. The largest absolute Gasteiger partial charge is 0.369 e. The molecule has 0 radical (unpaired) electrons. The van der Waals surface area contributed by atoms with Crippen molar-refractivity contribution >= 4 is 22.5 Å². The van der Waals surface area contributed by atoms with E-state index in [0.717, 1.165) is 11.3 Å². The summed E-state index contributed by atoms with van der Waals surface area (Å²) in [6, 6.07) is 14.0. The van der Waals surface area contributed by atoms with Crippen LogP contribution in [0.15, 0.2) is 47.3 Å². The summed E-state index contributed by atoms with van der Waals surface area (Å²) in [5, 5.41) is 0.521. The molecule has 0 aliphatic rings. The van der Waals surface area contributed by atoms with Gasteiger partial charge in [-0.05, 0) is 41.3 Å². The molecule has 2 aromatic carbocycles. The molecule has 0 bridgehead atoms. The smallest absolute Gasteiger partial charge is 0.260 e. The fourth-order valence-electron chi connectivity index (χ4n) is 2.94. The van der Waals surface area contributed by atoms with Crippen molar-refractivity contribution in [2.45, 2.75) is 26.3 Å². The van der Waals surface area contributed by atoms with Crippen LogP contribution >= 0.6 is 0 Å². The summed E-state index contributed by atoms with van der Waals surface area (Å²) >= 11 is 0. The highest BCUT2D eigenvalue weighted by atomic mass is 16.1. The molecule has 0 unspecified atom stereocenters. The summed E-state index contributed by atoms with van der Waals surface area (Å²) in [6.07, 6.45) is 5.56. The van der Waals surface area contributed by atoms with E-state index in [9.17, 15) is 4.79 Å². The SMILES string of the molecule is C#CCN(Cc1ccc2nc(N)[nH]c(=O)c2c1)c1ccc(C(C)C)cc1. The van der Waals surface area contributed by atoms with Crippen molar-refractivity contribution in [1.29, 1.82) is 0 Å². The summed E-state index contributed by atoms with van der Waals surface area (Å²) < 4.78 is 0. The Morgan fingerprint density at radius 1 is 1.23 bits per heavy atom. The van der Waals surface area contributed by atoms with Gasteiger partial charge in [-0.3, -0.25) is 9.78 Å². The minimum Gasteiger partial charge on any atom is -0.369 e. The van der Waals surface area contributed by atoms with Crippen LogP contribution < -0.4 is 16.2 Å². The molecule has 3 N–H and O–H groups in total. The normalized spacial score (nSPS) is 10.8. The second-order valence-corrected chi connectivity index (χ2v) is 6.61. The zero-order chi connectivity index (χ0) is 18.7. The second-order valence-electron chi connectivity index (χ2n) is 6.61. The summed E-state index contributed by atoms with van der Waals surface area (Å²) in [5.41, 5.74) is 9.27. The van der Waals surface area contributed by atoms with Crippen LogP contribution in [-0.2, 0) is 6.54 Å². The average Bonchev–Trinajstić information content (AvgIpc) is 2.62. The summed E-state index contributed by atoms with van der Waals surface area (Å²) in [5.74, 6) is 3.31. The Hall–Kier alpha value is -3.26. The highest BCUT2D eigenvalue weighted by molar-refractivity contribution is 5.79. The Bertz CT molecular complexity index is 1010. The van der Waals surface area contributed by atoms with Gasteiger partial charge in [0.1, 0.15) is 0 Å². The molecule has 1 heterocycles. The van der Waals surface area contributed by atoms with Crippen molar-refractivity contribution in [3.05, 3.63) is 63.9 Å². The Balaban J connectivity index is 1.91. The molecular formula is C21H22N4O. The van der Waals surface area contributed by atoms with E-state index in [2.05, 4.69) is 58.9 Å². The maximum Gasteiger partial charge on any atom is 0.260 e. The third kappa shape index (κ3) is 3.70. The van der Waals surface area contributed by atoms with Crippen LogP contribution in [-0.4, -0.2) is 16.5 Å². The zero-order valence-corrected chi connectivity index (χ0v) is 15.0. The number of nitrogens with two attached hydrogens (primary N) is 1. The Morgan fingerprint density at radius 3 is 2.62 bits per heavy atom. The molecule has 5 nitrogen and oxygen atoms in total. The molecule has 0 fully saturated rings. The topological polar surface area (TPSA) is 75.0 Å². The number of H-pyrrole nitrogens is 1. The van der Waals surface area contributed by atoms with Gasteiger partial charge in [0.2, 0.25) is 5.95 Å². The van der Waals surface area contributed by atoms with E-state index in [-0.39, 0.29) is 11.5 Å². The van der Waals surface area contributed by atoms with Gasteiger partial charge in [0.15, 0.2) is 0 Å². The van der Waals surface area contributed by atoms with E-state index in [1.54, 1.807) is 0 Å². The molecule has 3 aromatic rings. The zero-order valence-electron chi connectivity index (χ0n) is 15.0. The number of hydrogen-bond donors (Lipinski definition) is 2. The number of nitrogens with zero attached hydrogens (tertiary/aromatic N) is 2. The third-order valence-electron chi connectivity index (χ3n) is 4.37. The van der Waals surface area contributed by atoms with Gasteiger partial charge >= 0.3 is 0 Å². The molecule has 0 saturated heterocycles. The Labute approximate surface area is 152 Å². The Morgan fingerprint density at radius 2 is 1.96 bits per heavy atom. The molecule has 0 aliphatic carbocycles. The van der Waals surface area contributed by atoms with Gasteiger partial charge in [0.05, 0.1) is 17.4 Å². The van der Waals surface area contributed by atoms with E-state index in [1.165, 1.54) is 5.56 Å². The molecule has 0 aliphatic heterocycles. The predicted molar refractivity (Wildman–Crippen MR) is 107 cm³/mol. The number of rotatable bonds is 5. The van der Waals surface area contributed by atoms with Crippen LogP contribution in [0.5, 0.6) is 0 Å². The van der Waals surface area contributed by atoms with Crippen LogP contribution in [0.3, 0.4) is 0 Å². The maximum atomic E-state index is 12.1. The monoisotopic (exact) mass is 346 g/mol. The van der Waals surface area contributed by atoms with Crippen LogP contribution in [0.1, 0.15) is 30.9 Å². The second kappa shape index (κ2) is 7.32. The quantitative estimate of drug-likeness (QED) is 0.695. The molecule has 0 amide bonds. The lowest BCUT2D eigenvalue weighted by Gasteiger charge is -2.23. The van der Waals surface area contributed by atoms with Crippen LogP contribution in [0.2, 0.25) is 0 Å². The van der Waals surface area contributed by atoms with Crippen LogP contribution in [0.25, 0.3) is 10.9 Å². The molecule has 5 heteroatoms. The van der Waals surface area contributed by atoms with Crippen molar-refractivity contribution < 1.29 is 0 Å². The van der Waals surface area contributed by atoms with Gasteiger partial charge in [-0.15, -0.1) is 6.42 Å². The van der Waals surface area contributed by atoms with Crippen molar-refractivity contribution in [3.63, 3.8) is 0 Å². The molecule has 3 rings (SSSR count). The maximum absolute atomic E-state index is 12.1. The lowest BCUT2D eigenvalue weighted by atomic mass is 10.0. The Kier molecular flexibility index (Phi) is 4.94. The number of aromatic nitrogens is 2. The van der Waals surface area contributed by atoms with Crippen LogP contribution in [0.4, 0.5) is 11.6 Å². The lowest BCUT2D eigenvalue weighted by molar-refractivity contribution is 0.857. The molecular weight excluding hydrogens is 324 g/mol. The number of hydrogen-bond acceptors (Lipinski definition) is 4. The first kappa shape index (κ1) is 17.6. The van der Waals surface area contributed by atoms with E-state index < -0.39 is 0 Å². The lowest BCUT2D eigenvalue weighted by Crippen LogP contribution is -2.23. The van der Waals surface area contributed by atoms with E-state index in [0.29, 0.717) is 29.9 Å². The highest BCUT2D eigenvalue weighted by Gasteiger charge is 2.09. The first-order valence-electron chi connectivity index (χ1n) is 8.54. The van der Waals surface area contributed by atoms with Crippen molar-refractivity contribution in [2.24, 2.45) is 0 Å². The predicted octanol–water partition coefficient (Wildman–Crippen LogP) is 3.27. The van der Waals surface area contributed by atoms with Crippen molar-refractivity contribution in [1.82, 2.24) is 9.97 Å². The molecule has 0 atom stereocenters. The number of benzene rings is 2. The molecule has 0 saturated carbocycles. The molecule has 0 spiro atoms. The molecule has 26 heavy (non-hydrogen) atoms. The summed E-state index contributed by atoms with van der Waals surface area (Å²) in [6.45, 7) is 5.42. The number of fused-ring (bicyclic) bond motifs is 1. The molecule has 132 valence electrons. The number of aromatic amines is 1. The number of nitrogen functional groups attached to an aromatic ring is 1. The summed E-state index contributed by atoms with van der Waals surface area (Å²) in [7, 11) is 0. The van der Waals surface area contributed by atoms with Crippen molar-refractivity contribution in [3.8, 4) is 12.3 Å². The van der Waals surface area contributed by atoms with Gasteiger partial charge in [0.25, 0.3) is 5.56 Å². The average molecular weight is 346 g/mol. The minimum absolute atomic E-state index is 0.120. The van der Waals surface area contributed by atoms with Gasteiger partial charge in [-0.25, -0.2) is 4.98 Å². The van der Waals surface area contributed by atoms with Gasteiger partial charge in [-0.2, -0.15) is 0 Å². The fourth-order valence-corrected chi connectivity index (χ4v) is 2.94. The number of nitrogens with one attached hydrogen (secondary N) is 1.